The summed E-state index contributed by atoms with van der Waals surface area (Å²) in [6, 6.07) is 0. The van der Waals surface area contributed by atoms with Crippen LogP contribution >= 0.6 is 0 Å². The smallest absolute Gasteiger partial charge is 0.327 e. The molecular weight excluding hydrogens is 204 g/mol. The molecule has 4 heteroatoms. The van der Waals surface area contributed by atoms with Gasteiger partial charge in [0.1, 0.15) is 6.54 Å². The fourth-order valence-corrected chi connectivity index (χ4v) is 2.36. The second-order valence-electron chi connectivity index (χ2n) is 4.59. The van der Waals surface area contributed by atoms with Crippen LogP contribution in [0.5, 0.6) is 0 Å². The van der Waals surface area contributed by atoms with Gasteiger partial charge in [-0.3, -0.25) is 9.48 Å². The number of aryl methyl sites for hydroxylation is 1. The van der Waals surface area contributed by atoms with Crippen LogP contribution in [-0.2, 0) is 28.9 Å². The standard InChI is InChI=1S/C12H18N2O2/c1-8-4-5-10-9(2)13-14(11(10)6-8)7-12(15)16-3/h8H,4-7H2,1-3H3. The van der Waals surface area contributed by atoms with Gasteiger partial charge in [-0.25, -0.2) is 0 Å². The van der Waals surface area contributed by atoms with Crippen molar-refractivity contribution in [3.63, 3.8) is 0 Å². The zero-order valence-corrected chi connectivity index (χ0v) is 10.1. The predicted molar refractivity (Wildman–Crippen MR) is 60.2 cm³/mol. The first kappa shape index (κ1) is 11.2. The van der Waals surface area contributed by atoms with Crippen molar-refractivity contribution < 1.29 is 9.53 Å². The Balaban J connectivity index is 2.29. The summed E-state index contributed by atoms with van der Waals surface area (Å²) in [6.07, 6.45) is 3.33. The summed E-state index contributed by atoms with van der Waals surface area (Å²) >= 11 is 0. The van der Waals surface area contributed by atoms with E-state index in [-0.39, 0.29) is 12.5 Å². The highest BCUT2D eigenvalue weighted by Crippen LogP contribution is 2.27. The van der Waals surface area contributed by atoms with E-state index in [1.54, 1.807) is 0 Å². The van der Waals surface area contributed by atoms with Gasteiger partial charge in [-0.05, 0) is 37.7 Å². The second-order valence-corrected chi connectivity index (χ2v) is 4.59. The second kappa shape index (κ2) is 4.28. The van der Waals surface area contributed by atoms with Crippen LogP contribution in [0, 0.1) is 12.8 Å². The number of fused-ring (bicyclic) bond motifs is 1. The van der Waals surface area contributed by atoms with E-state index in [2.05, 4.69) is 16.8 Å². The predicted octanol–water partition coefficient (Wildman–Crippen LogP) is 1.49. The highest BCUT2D eigenvalue weighted by atomic mass is 16.5. The molecule has 1 atom stereocenters. The highest BCUT2D eigenvalue weighted by Gasteiger charge is 2.23. The summed E-state index contributed by atoms with van der Waals surface area (Å²) in [5.74, 6) is 0.448. The molecule has 1 aliphatic rings. The third kappa shape index (κ3) is 1.96. The van der Waals surface area contributed by atoms with E-state index in [1.807, 2.05) is 11.6 Å². The number of aromatic nitrogens is 2. The molecule has 0 radical (unpaired) electrons. The molecular formula is C12H18N2O2. The van der Waals surface area contributed by atoms with E-state index in [0.29, 0.717) is 5.92 Å². The first-order valence-corrected chi connectivity index (χ1v) is 5.73. The summed E-state index contributed by atoms with van der Waals surface area (Å²) in [6.45, 7) is 4.50. The van der Waals surface area contributed by atoms with Crippen molar-refractivity contribution in [3.05, 3.63) is 17.0 Å². The van der Waals surface area contributed by atoms with Gasteiger partial charge < -0.3 is 4.74 Å². The van der Waals surface area contributed by atoms with Gasteiger partial charge in [0, 0.05) is 5.69 Å². The summed E-state index contributed by atoms with van der Waals surface area (Å²) in [7, 11) is 1.41. The van der Waals surface area contributed by atoms with Gasteiger partial charge in [-0.1, -0.05) is 6.92 Å². The van der Waals surface area contributed by atoms with Crippen LogP contribution < -0.4 is 0 Å². The number of carbonyl (C=O) groups is 1. The van der Waals surface area contributed by atoms with Gasteiger partial charge in [0.05, 0.1) is 12.8 Å². The van der Waals surface area contributed by atoms with Crippen LogP contribution in [0.1, 0.15) is 30.3 Å². The maximum atomic E-state index is 11.3. The average Bonchev–Trinajstić information content (AvgIpc) is 2.55. The lowest BCUT2D eigenvalue weighted by atomic mass is 9.88. The first-order valence-electron chi connectivity index (χ1n) is 5.73. The largest absolute Gasteiger partial charge is 0.468 e. The molecule has 0 amide bonds. The number of methoxy groups -OCH3 is 1. The number of rotatable bonds is 2. The Labute approximate surface area is 95.6 Å². The van der Waals surface area contributed by atoms with Crippen LogP contribution in [0.2, 0.25) is 0 Å². The van der Waals surface area contributed by atoms with Crippen molar-refractivity contribution in [2.75, 3.05) is 7.11 Å². The number of hydrogen-bond donors (Lipinski definition) is 0. The maximum absolute atomic E-state index is 11.3. The molecule has 0 aromatic carbocycles. The molecule has 0 saturated carbocycles. The SMILES string of the molecule is COC(=O)Cn1nc(C)c2c1CC(C)CC2. The van der Waals surface area contributed by atoms with E-state index >= 15 is 0 Å². The molecule has 1 heterocycles. The molecule has 1 aliphatic carbocycles. The van der Waals surface area contributed by atoms with Crippen LogP contribution in [0.25, 0.3) is 0 Å². The molecule has 0 aliphatic heterocycles. The minimum absolute atomic E-state index is 0.233. The van der Waals surface area contributed by atoms with Crippen molar-refractivity contribution in [1.29, 1.82) is 0 Å². The Hall–Kier alpha value is -1.32. The summed E-state index contributed by atoms with van der Waals surface area (Å²) in [5, 5.41) is 4.43. The van der Waals surface area contributed by atoms with E-state index in [1.165, 1.54) is 24.8 Å². The molecule has 4 nitrogen and oxygen atoms in total. The molecule has 0 saturated heterocycles. The molecule has 0 spiro atoms. The lowest BCUT2D eigenvalue weighted by Gasteiger charge is -2.19. The number of ether oxygens (including phenoxy) is 1. The van der Waals surface area contributed by atoms with Gasteiger partial charge in [0.15, 0.2) is 0 Å². The number of nitrogens with zero attached hydrogens (tertiary/aromatic N) is 2. The average molecular weight is 222 g/mol. The summed E-state index contributed by atoms with van der Waals surface area (Å²) in [4.78, 5) is 11.3. The number of esters is 1. The van der Waals surface area contributed by atoms with Crippen LogP contribution in [-0.4, -0.2) is 22.9 Å². The third-order valence-electron chi connectivity index (χ3n) is 3.30. The van der Waals surface area contributed by atoms with Crippen molar-refractivity contribution in [3.8, 4) is 0 Å². The Bertz CT molecular complexity index is 409. The van der Waals surface area contributed by atoms with Gasteiger partial charge in [-0.2, -0.15) is 5.10 Å². The summed E-state index contributed by atoms with van der Waals surface area (Å²) < 4.78 is 6.49. The topological polar surface area (TPSA) is 44.1 Å². The van der Waals surface area contributed by atoms with Gasteiger partial charge >= 0.3 is 5.97 Å². The van der Waals surface area contributed by atoms with Crippen molar-refractivity contribution >= 4 is 5.97 Å². The van der Waals surface area contributed by atoms with Crippen LogP contribution in [0.15, 0.2) is 0 Å². The van der Waals surface area contributed by atoms with Crippen LogP contribution in [0.3, 0.4) is 0 Å². The van der Waals surface area contributed by atoms with Gasteiger partial charge in [0.25, 0.3) is 0 Å². The highest BCUT2D eigenvalue weighted by molar-refractivity contribution is 5.69. The Morgan fingerprint density at radius 3 is 3.06 bits per heavy atom. The Morgan fingerprint density at radius 2 is 2.38 bits per heavy atom. The lowest BCUT2D eigenvalue weighted by Crippen LogP contribution is -2.19. The fraction of sp³-hybridized carbons (Fsp3) is 0.667. The Morgan fingerprint density at radius 1 is 1.62 bits per heavy atom. The molecule has 1 aromatic rings. The fourth-order valence-electron chi connectivity index (χ4n) is 2.36. The molecule has 2 rings (SSSR count). The molecule has 88 valence electrons. The van der Waals surface area contributed by atoms with E-state index < -0.39 is 0 Å². The minimum atomic E-state index is -0.233. The molecule has 1 unspecified atom stereocenters. The van der Waals surface area contributed by atoms with Crippen molar-refractivity contribution in [2.45, 2.75) is 39.7 Å². The minimum Gasteiger partial charge on any atom is -0.468 e. The third-order valence-corrected chi connectivity index (χ3v) is 3.30. The molecule has 1 aromatic heterocycles. The molecule has 16 heavy (non-hydrogen) atoms. The van der Waals surface area contributed by atoms with Gasteiger partial charge in [-0.15, -0.1) is 0 Å². The molecule has 0 N–H and O–H groups in total. The first-order chi connectivity index (χ1) is 7.61. The van der Waals surface area contributed by atoms with Crippen LogP contribution in [0.4, 0.5) is 0 Å². The number of hydrogen-bond acceptors (Lipinski definition) is 3. The maximum Gasteiger partial charge on any atom is 0.327 e. The molecule has 0 fully saturated rings. The van der Waals surface area contributed by atoms with E-state index in [9.17, 15) is 4.79 Å². The lowest BCUT2D eigenvalue weighted by molar-refractivity contribution is -0.141. The number of carbonyl (C=O) groups excluding carboxylic acids is 1. The summed E-state index contributed by atoms with van der Waals surface area (Å²) in [5.41, 5.74) is 3.62. The zero-order chi connectivity index (χ0) is 11.7. The monoisotopic (exact) mass is 222 g/mol. The Kier molecular flexibility index (Phi) is 2.99. The van der Waals surface area contributed by atoms with Gasteiger partial charge in [0.2, 0.25) is 0 Å². The normalized spacial score (nSPS) is 19.3. The zero-order valence-electron chi connectivity index (χ0n) is 10.1. The van der Waals surface area contributed by atoms with E-state index in [4.69, 9.17) is 0 Å². The van der Waals surface area contributed by atoms with Crippen molar-refractivity contribution in [1.82, 2.24) is 9.78 Å². The molecule has 0 bridgehead atoms. The van der Waals surface area contributed by atoms with Crippen molar-refractivity contribution in [2.24, 2.45) is 5.92 Å². The quantitative estimate of drug-likeness (QED) is 0.712. The van der Waals surface area contributed by atoms with E-state index in [0.717, 1.165) is 18.5 Å².